The Kier molecular flexibility index (Phi) is 17.1. The Hall–Kier alpha value is -11.7. The number of aliphatic hydroxyl groups is 5. The molecule has 3 heterocycles. The van der Waals surface area contributed by atoms with Gasteiger partial charge in [0, 0.05) is 23.3 Å². The molecule has 0 aliphatic carbocycles. The summed E-state index contributed by atoms with van der Waals surface area (Å²) in [7, 11) is 0. The van der Waals surface area contributed by atoms with Crippen LogP contribution in [0.15, 0.2) is 54.6 Å². The van der Waals surface area contributed by atoms with E-state index in [0.29, 0.717) is 48.5 Å². The van der Waals surface area contributed by atoms with E-state index in [1.165, 1.54) is 0 Å². The van der Waals surface area contributed by atoms with Crippen LogP contribution in [0.2, 0.25) is 0 Å². The molecule has 2 saturated heterocycles. The van der Waals surface area contributed by atoms with Gasteiger partial charge in [-0.2, -0.15) is 0 Å². The normalized spacial score (nSPS) is 22.8. The Morgan fingerprint density at radius 3 is 1.46 bits per heavy atom. The van der Waals surface area contributed by atoms with Gasteiger partial charge in [0.15, 0.2) is 98.5 Å². The second-order valence-corrected chi connectivity index (χ2v) is 20.0. The maximum atomic E-state index is 14.9. The molecule has 0 amide bonds. The molecule has 0 saturated carbocycles. The van der Waals surface area contributed by atoms with Crippen LogP contribution in [-0.4, -0.2) is 229 Å². The van der Waals surface area contributed by atoms with Crippen molar-refractivity contribution in [1.29, 1.82) is 0 Å². The zero-order valence-electron chi connectivity index (χ0n) is 45.5. The smallest absolute Gasteiger partial charge is 0.342 e. The average Bonchev–Trinajstić information content (AvgIpc) is 1.09. The summed E-state index contributed by atoms with van der Waals surface area (Å²) in [5.41, 5.74) is -9.20. The van der Waals surface area contributed by atoms with Gasteiger partial charge >= 0.3 is 35.8 Å². The van der Waals surface area contributed by atoms with E-state index < -0.39 is 270 Å². The van der Waals surface area contributed by atoms with E-state index in [1.807, 2.05) is 0 Å². The molecule has 6 aromatic carbocycles. The van der Waals surface area contributed by atoms with Crippen molar-refractivity contribution < 1.29 is 184 Å². The zero-order chi connectivity index (χ0) is 67.6. The van der Waals surface area contributed by atoms with Gasteiger partial charge in [0.25, 0.3) is 0 Å². The van der Waals surface area contributed by atoms with Gasteiger partial charge in [0.05, 0.1) is 34.4 Å². The topological polar surface area (TPSA) is 631 Å². The molecule has 0 spiro atoms. The summed E-state index contributed by atoms with van der Waals surface area (Å²) in [6, 6.07) is 3.74. The molecule has 3 aliphatic rings. The number of phenols is 17. The highest BCUT2D eigenvalue weighted by Crippen LogP contribution is 2.56. The number of hydrogen-bond donors (Lipinski definition) is 22. The largest absolute Gasteiger partial charge is 0.504 e. The van der Waals surface area contributed by atoms with Gasteiger partial charge < -0.3 is 155 Å². The van der Waals surface area contributed by atoms with Crippen LogP contribution in [0.5, 0.6) is 109 Å². The fourth-order valence-corrected chi connectivity index (χ4v) is 9.42. The van der Waals surface area contributed by atoms with Crippen LogP contribution in [0.25, 0.3) is 11.1 Å². The third-order valence-electron chi connectivity index (χ3n) is 14.1. The van der Waals surface area contributed by atoms with E-state index in [1.54, 1.807) is 0 Å². The number of carbonyl (C=O) groups excluding carboxylic acids is 6. The molecule has 2 fully saturated rings. The molecular formula is C55H46O37. The van der Waals surface area contributed by atoms with Crippen molar-refractivity contribution in [1.82, 2.24) is 0 Å². The highest BCUT2D eigenvalue weighted by Gasteiger charge is 2.56. The van der Waals surface area contributed by atoms with E-state index in [2.05, 4.69) is 0 Å². The SMILES string of the molecule is O=C(OC1OC2COC(=O)c3cc(Oc4c(C(=O)OCC5(O)OC(CO)C(O)C(O)C5O)cc(O)c(O)c4O)c(O)c(O)c3-c3c(cc(O)c(O)c3O)C(=O)OC2C(OC(=O)c2cc(O)c(O)c(O)c2)C1OC(=O)c1cc(O)c(O)c(O)c1)c1cc(O)c(O)c(O)c1. The maximum absolute atomic E-state index is 14.9. The molecule has 0 bridgehead atoms. The number of carbonyl (C=O) groups is 6. The van der Waals surface area contributed by atoms with Crippen LogP contribution in [0, 0.1) is 0 Å². The van der Waals surface area contributed by atoms with E-state index in [-0.39, 0.29) is 6.07 Å². The third kappa shape index (κ3) is 11.6. The van der Waals surface area contributed by atoms with Crippen molar-refractivity contribution in [2.24, 2.45) is 0 Å². The number of cyclic esters (lactones) is 1. The van der Waals surface area contributed by atoms with Crippen LogP contribution in [0.3, 0.4) is 0 Å². The monoisotopic (exact) mass is 1300 g/mol. The first-order chi connectivity index (χ1) is 43.2. The first-order valence-corrected chi connectivity index (χ1v) is 25.6. The average molecular weight is 1300 g/mol. The standard InChI is InChI=1S/C55H46O37/c56-10-28-38(71)42(75)47(76)55(83,92-28)12-85-52(81)18-8-26(64)36(69)41(74)43(18)86-27-9-17-31(40(73)37(27)70)30-16(7-25(63)35(68)39(30)72)53(82)88-44-29(11-84-51(17)80)87-54(91-50(79)15-5-23(61)34(67)24(62)6-15)46(90-49(78)14-3-21(59)33(66)22(60)4-14)45(44)89-48(77)13-1-19(57)32(65)20(58)2-13/h1-9,28-29,38,42,44-47,54,56-76,83H,10-12H2. The fraction of sp³-hybridized carbons (Fsp3) is 0.236. The van der Waals surface area contributed by atoms with Gasteiger partial charge in [0.2, 0.25) is 41.2 Å². The van der Waals surface area contributed by atoms with Crippen LogP contribution < -0.4 is 4.74 Å². The minimum Gasteiger partial charge on any atom is -0.504 e. The number of fused-ring (bicyclic) bond motifs is 4. The second kappa shape index (κ2) is 24.3. The summed E-state index contributed by atoms with van der Waals surface area (Å²) in [5, 5.41) is 233. The molecule has 6 aromatic rings. The minimum atomic E-state index is -3.15. The Bertz CT molecular complexity index is 3980. The minimum absolute atomic E-state index is 0.270. The predicted molar refractivity (Wildman–Crippen MR) is 283 cm³/mol. The number of aromatic hydroxyl groups is 17. The number of phenolic OH excluding ortho intramolecular Hbond substituents is 17. The van der Waals surface area contributed by atoms with Crippen molar-refractivity contribution in [3.63, 3.8) is 0 Å². The number of esters is 6. The van der Waals surface area contributed by atoms with E-state index in [0.717, 1.165) is 0 Å². The van der Waals surface area contributed by atoms with Crippen molar-refractivity contribution in [2.75, 3.05) is 19.8 Å². The first-order valence-electron chi connectivity index (χ1n) is 25.6. The molecule has 22 N–H and O–H groups in total. The number of rotatable bonds is 12. The summed E-state index contributed by atoms with van der Waals surface area (Å²) >= 11 is 0. The second-order valence-electron chi connectivity index (χ2n) is 20.0. The van der Waals surface area contributed by atoms with Gasteiger partial charge in [-0.05, 0) is 42.5 Å². The van der Waals surface area contributed by atoms with Gasteiger partial charge in [-0.15, -0.1) is 0 Å². The number of aliphatic hydroxyl groups excluding tert-OH is 4. The number of benzene rings is 6. The van der Waals surface area contributed by atoms with Crippen molar-refractivity contribution in [2.45, 2.75) is 60.9 Å². The van der Waals surface area contributed by atoms with Crippen LogP contribution in [0.1, 0.15) is 62.1 Å². The molecule has 37 heteroatoms. The molecule has 9 rings (SSSR count). The van der Waals surface area contributed by atoms with Gasteiger partial charge in [-0.25, -0.2) is 28.8 Å². The highest BCUT2D eigenvalue weighted by molar-refractivity contribution is 6.09. The summed E-state index contributed by atoms with van der Waals surface area (Å²) in [4.78, 5) is 85.8. The van der Waals surface area contributed by atoms with Crippen LogP contribution in [0.4, 0.5) is 0 Å². The summed E-state index contributed by atoms with van der Waals surface area (Å²) in [5.74, 6) is -40.2. The Balaban J connectivity index is 1.19. The van der Waals surface area contributed by atoms with Crippen molar-refractivity contribution >= 4 is 35.8 Å². The Morgan fingerprint density at radius 1 is 0.500 bits per heavy atom. The third-order valence-corrected chi connectivity index (χ3v) is 14.1. The van der Waals surface area contributed by atoms with E-state index in [9.17, 15) is 141 Å². The van der Waals surface area contributed by atoms with Gasteiger partial charge in [-0.1, -0.05) is 0 Å². The molecule has 488 valence electrons. The molecule has 0 radical (unpaired) electrons. The summed E-state index contributed by atoms with van der Waals surface area (Å²) in [6.07, 6.45) is -21.8. The lowest BCUT2D eigenvalue weighted by Gasteiger charge is -2.44. The lowest BCUT2D eigenvalue weighted by atomic mass is 9.91. The molecular weight excluding hydrogens is 1250 g/mol. The molecule has 10 atom stereocenters. The van der Waals surface area contributed by atoms with E-state index in [4.69, 9.17) is 42.6 Å². The van der Waals surface area contributed by atoms with Gasteiger partial charge in [0.1, 0.15) is 49.3 Å². The van der Waals surface area contributed by atoms with Crippen LogP contribution in [-0.2, 0) is 37.9 Å². The highest BCUT2D eigenvalue weighted by atomic mass is 16.8. The lowest BCUT2D eigenvalue weighted by Crippen LogP contribution is -2.66. The fourth-order valence-electron chi connectivity index (χ4n) is 9.42. The Labute approximate surface area is 507 Å². The zero-order valence-corrected chi connectivity index (χ0v) is 45.5. The molecule has 92 heavy (non-hydrogen) atoms. The lowest BCUT2D eigenvalue weighted by molar-refractivity contribution is -0.357. The maximum Gasteiger partial charge on any atom is 0.342 e. The summed E-state index contributed by atoms with van der Waals surface area (Å²) < 4.78 is 49.5. The first kappa shape index (κ1) is 64.7. The number of ether oxygens (including phenoxy) is 9. The summed E-state index contributed by atoms with van der Waals surface area (Å²) in [6.45, 7) is -4.12. The van der Waals surface area contributed by atoms with E-state index >= 15 is 0 Å². The number of hydrogen-bond acceptors (Lipinski definition) is 37. The Morgan fingerprint density at radius 2 is 0.946 bits per heavy atom. The quantitative estimate of drug-likeness (QED) is 0.0405. The molecule has 37 nitrogen and oxygen atoms in total. The predicted octanol–water partition coefficient (Wildman–Crippen LogP) is -0.811. The molecule has 10 unspecified atom stereocenters. The van der Waals surface area contributed by atoms with Crippen LogP contribution >= 0.6 is 0 Å². The van der Waals surface area contributed by atoms with Gasteiger partial charge in [-0.3, -0.25) is 0 Å². The van der Waals surface area contributed by atoms with Crippen molar-refractivity contribution in [3.8, 4) is 120 Å². The molecule has 0 aromatic heterocycles. The van der Waals surface area contributed by atoms with Crippen molar-refractivity contribution in [3.05, 3.63) is 88.0 Å². The molecule has 3 aliphatic heterocycles.